The van der Waals surface area contributed by atoms with E-state index < -0.39 is 83.9 Å². The van der Waals surface area contributed by atoms with Crippen LogP contribution in [0.3, 0.4) is 0 Å². The van der Waals surface area contributed by atoms with Gasteiger partial charge in [-0.2, -0.15) is 0 Å². The van der Waals surface area contributed by atoms with E-state index in [0.29, 0.717) is 11.1 Å². The number of benzene rings is 2. The Balaban J connectivity index is 1.13. The zero-order valence-electron chi connectivity index (χ0n) is 22.7. The molecule has 2 aromatic carbocycles. The van der Waals surface area contributed by atoms with E-state index in [0.717, 1.165) is 0 Å². The molecule has 11 atom stereocenters. The van der Waals surface area contributed by atoms with Gasteiger partial charge < -0.3 is 48.8 Å². The van der Waals surface area contributed by atoms with Crippen LogP contribution in [-0.4, -0.2) is 99.6 Å². The van der Waals surface area contributed by atoms with Gasteiger partial charge in [0.2, 0.25) is 0 Å². The van der Waals surface area contributed by atoms with Crippen LogP contribution in [0.15, 0.2) is 60.7 Å². The molecule has 7 aliphatic rings. The second-order valence-corrected chi connectivity index (χ2v) is 12.0. The highest BCUT2D eigenvalue weighted by Crippen LogP contribution is 2.81. The van der Waals surface area contributed by atoms with Gasteiger partial charge in [0.1, 0.15) is 48.8 Å². The number of hydrogen-bond acceptors (Lipinski definition) is 12. The first-order chi connectivity index (χ1) is 20.0. The summed E-state index contributed by atoms with van der Waals surface area (Å²) in [5.41, 5.74) is -2.88. The Morgan fingerprint density at radius 3 is 2.14 bits per heavy atom. The number of hydrogen-bond donors (Lipinski definition) is 4. The molecule has 12 nitrogen and oxygen atoms in total. The fourth-order valence-corrected chi connectivity index (χ4v) is 7.68. The lowest BCUT2D eigenvalue weighted by Gasteiger charge is -2.67. The predicted octanol–water partition coefficient (Wildman–Crippen LogP) is 0.507. The van der Waals surface area contributed by atoms with Gasteiger partial charge in [-0.3, -0.25) is 0 Å². The maximum atomic E-state index is 12.9. The molecule has 224 valence electrons. The molecule has 2 aromatic rings. The summed E-state index contributed by atoms with van der Waals surface area (Å²) in [5.74, 6) is -3.25. The van der Waals surface area contributed by atoms with Gasteiger partial charge >= 0.3 is 11.9 Å². The highest BCUT2D eigenvalue weighted by atomic mass is 16.8. The molecular formula is C30H32O12. The van der Waals surface area contributed by atoms with Crippen LogP contribution < -0.4 is 0 Å². The Morgan fingerprint density at radius 1 is 0.881 bits per heavy atom. The molecule has 0 unspecified atom stereocenters. The lowest BCUT2D eigenvalue weighted by molar-refractivity contribution is -0.424. The molecule has 0 radical (unpaired) electrons. The van der Waals surface area contributed by atoms with E-state index in [1.54, 1.807) is 67.6 Å². The Labute approximate surface area is 240 Å². The lowest BCUT2D eigenvalue weighted by atomic mass is 9.41. The lowest BCUT2D eigenvalue weighted by Crippen LogP contribution is -2.80. The van der Waals surface area contributed by atoms with E-state index in [4.69, 9.17) is 28.4 Å². The SMILES string of the molecule is C[C@@]12C[C@@]3(O)O[C@@H](O1)[C@@]1(COC(=O)c4ccccc4)[C@H]3C[C@@]12O[C@@H]1O[C@H](COC(=O)c2ccccc2)[C@@H](O)[C@H](O)[C@H]1O. The van der Waals surface area contributed by atoms with E-state index in [-0.39, 0.29) is 19.4 Å². The number of ether oxygens (including phenoxy) is 6. The molecule has 4 heterocycles. The first-order valence-electron chi connectivity index (χ1n) is 13.9. The normalized spacial score (nSPS) is 44.5. The number of esters is 2. The maximum absolute atomic E-state index is 12.9. The summed E-state index contributed by atoms with van der Waals surface area (Å²) in [6.45, 7) is 1.12. The van der Waals surface area contributed by atoms with E-state index in [2.05, 4.69) is 0 Å². The van der Waals surface area contributed by atoms with E-state index in [1.165, 1.54) is 0 Å². The van der Waals surface area contributed by atoms with Crippen LogP contribution in [0.25, 0.3) is 0 Å². The molecule has 4 N–H and O–H groups in total. The third kappa shape index (κ3) is 3.70. The van der Waals surface area contributed by atoms with Crippen molar-refractivity contribution in [1.29, 1.82) is 0 Å². The van der Waals surface area contributed by atoms with Gasteiger partial charge in [-0.05, 0) is 37.6 Å². The number of aliphatic hydroxyl groups is 4. The van der Waals surface area contributed by atoms with Crippen LogP contribution in [0.2, 0.25) is 0 Å². The van der Waals surface area contributed by atoms with Crippen LogP contribution in [0, 0.1) is 11.3 Å². The maximum Gasteiger partial charge on any atom is 0.338 e. The largest absolute Gasteiger partial charge is 0.461 e. The van der Waals surface area contributed by atoms with Crippen LogP contribution in [-0.2, 0) is 28.4 Å². The van der Waals surface area contributed by atoms with Crippen molar-refractivity contribution in [3.63, 3.8) is 0 Å². The van der Waals surface area contributed by atoms with Gasteiger partial charge in [0.25, 0.3) is 0 Å². The molecule has 4 saturated heterocycles. The summed E-state index contributed by atoms with van der Waals surface area (Å²) in [5, 5.41) is 43.6. The summed E-state index contributed by atoms with van der Waals surface area (Å²) in [7, 11) is 0. The molecule has 9 rings (SSSR count). The minimum atomic E-state index is -1.69. The summed E-state index contributed by atoms with van der Waals surface area (Å²) >= 11 is 0. The Kier molecular flexibility index (Phi) is 6.32. The molecule has 6 bridgehead atoms. The summed E-state index contributed by atoms with van der Waals surface area (Å²) in [6.07, 6.45) is -8.34. The van der Waals surface area contributed by atoms with Crippen molar-refractivity contribution in [3.05, 3.63) is 71.8 Å². The minimum absolute atomic E-state index is 0.0572. The van der Waals surface area contributed by atoms with Crippen molar-refractivity contribution in [2.45, 2.75) is 73.8 Å². The molecule has 7 fully saturated rings. The van der Waals surface area contributed by atoms with Gasteiger partial charge in [-0.15, -0.1) is 0 Å². The summed E-state index contributed by atoms with van der Waals surface area (Å²) in [4.78, 5) is 25.4. The third-order valence-electron chi connectivity index (χ3n) is 9.78. The Hall–Kier alpha value is -2.94. The van der Waals surface area contributed by atoms with Crippen molar-refractivity contribution >= 4 is 11.9 Å². The van der Waals surface area contributed by atoms with Crippen molar-refractivity contribution < 1.29 is 58.4 Å². The number of carbonyl (C=O) groups is 2. The fraction of sp³-hybridized carbons (Fsp3) is 0.533. The Morgan fingerprint density at radius 2 is 1.50 bits per heavy atom. The number of carbonyl (C=O) groups excluding carboxylic acids is 2. The molecule has 0 aromatic heterocycles. The zero-order chi connectivity index (χ0) is 29.5. The van der Waals surface area contributed by atoms with Crippen molar-refractivity contribution in [3.8, 4) is 0 Å². The monoisotopic (exact) mass is 584 g/mol. The van der Waals surface area contributed by atoms with Gasteiger partial charge in [-0.25, -0.2) is 9.59 Å². The number of rotatable bonds is 8. The van der Waals surface area contributed by atoms with Crippen molar-refractivity contribution in [2.24, 2.45) is 11.3 Å². The second-order valence-electron chi connectivity index (χ2n) is 12.0. The standard InChI is InChI=1S/C30H32O12/c1-27-14-29(36)19-12-30(27,28(19,26(41-27)42-29)15-38-24(35)17-10-6-3-7-11-17)40-25-22(33)21(32)20(31)18(39-25)13-37-23(34)16-8-4-2-5-9-16/h2-11,18-22,25-26,31-33,36H,12-15H2,1H3/t18-,19-,20-,21+,22-,25+,26-,27+,28-,29-,30+/m1/s1. The molecule has 4 aliphatic heterocycles. The average Bonchev–Trinajstić information content (AvgIpc) is 3.18. The quantitative estimate of drug-likeness (QED) is 0.318. The zero-order valence-corrected chi connectivity index (χ0v) is 22.7. The third-order valence-corrected chi connectivity index (χ3v) is 9.78. The fourth-order valence-electron chi connectivity index (χ4n) is 7.68. The topological polar surface area (TPSA) is 170 Å². The molecule has 0 spiro atoms. The average molecular weight is 585 g/mol. The smallest absolute Gasteiger partial charge is 0.338 e. The van der Waals surface area contributed by atoms with Gasteiger partial charge in [0.15, 0.2) is 18.4 Å². The van der Waals surface area contributed by atoms with Gasteiger partial charge in [0.05, 0.1) is 16.5 Å². The van der Waals surface area contributed by atoms with E-state index in [1.807, 2.05) is 0 Å². The van der Waals surface area contributed by atoms with Crippen LogP contribution in [0.4, 0.5) is 0 Å². The van der Waals surface area contributed by atoms with Crippen LogP contribution in [0.1, 0.15) is 40.5 Å². The van der Waals surface area contributed by atoms with Crippen LogP contribution >= 0.6 is 0 Å². The first kappa shape index (κ1) is 27.9. The summed E-state index contributed by atoms with van der Waals surface area (Å²) < 4.78 is 35.7. The Bertz CT molecular complexity index is 1370. The second kappa shape index (κ2) is 9.53. The molecule has 0 amide bonds. The minimum Gasteiger partial charge on any atom is -0.461 e. The number of aliphatic hydroxyl groups excluding tert-OH is 3. The molecule has 3 saturated carbocycles. The van der Waals surface area contributed by atoms with E-state index >= 15 is 0 Å². The molecular weight excluding hydrogens is 552 g/mol. The van der Waals surface area contributed by atoms with E-state index in [9.17, 15) is 30.0 Å². The molecule has 12 heteroatoms. The van der Waals surface area contributed by atoms with Crippen molar-refractivity contribution in [1.82, 2.24) is 0 Å². The highest BCUT2D eigenvalue weighted by molar-refractivity contribution is 5.89. The first-order valence-corrected chi connectivity index (χ1v) is 13.9. The molecule has 3 aliphatic carbocycles. The van der Waals surface area contributed by atoms with Crippen molar-refractivity contribution in [2.75, 3.05) is 13.2 Å². The highest BCUT2D eigenvalue weighted by Gasteiger charge is 2.94. The van der Waals surface area contributed by atoms with Crippen LogP contribution in [0.5, 0.6) is 0 Å². The predicted molar refractivity (Wildman–Crippen MR) is 138 cm³/mol. The molecule has 42 heavy (non-hydrogen) atoms. The summed E-state index contributed by atoms with van der Waals surface area (Å²) in [6, 6.07) is 16.7. The van der Waals surface area contributed by atoms with Gasteiger partial charge in [-0.1, -0.05) is 36.4 Å². The van der Waals surface area contributed by atoms with Gasteiger partial charge in [0, 0.05) is 12.3 Å².